The third-order valence-corrected chi connectivity index (χ3v) is 2.62. The molecule has 0 aliphatic rings. The second kappa shape index (κ2) is 4.57. The first-order valence-corrected chi connectivity index (χ1v) is 5.47. The highest BCUT2D eigenvalue weighted by molar-refractivity contribution is 9.10. The monoisotopic (exact) mass is 281 g/mol. The molecule has 2 aromatic rings. The molecule has 1 N–H and O–H groups in total. The number of nitrogens with zero attached hydrogens (tertiary/aromatic N) is 2. The molecule has 0 amide bonds. The lowest BCUT2D eigenvalue weighted by molar-refractivity contribution is 0.630. The fraction of sp³-hybridized carbons (Fsp3) is 0.0909. The summed E-state index contributed by atoms with van der Waals surface area (Å²) in [6.45, 7) is 0. The number of rotatable bonds is 2. The maximum absolute atomic E-state index is 13.5. The van der Waals surface area contributed by atoms with Crippen LogP contribution in [0.25, 0.3) is 11.3 Å². The van der Waals surface area contributed by atoms with Crippen molar-refractivity contribution in [1.82, 2.24) is 10.2 Å². The molecule has 0 radical (unpaired) electrons. The summed E-state index contributed by atoms with van der Waals surface area (Å²) in [5.74, 6) is 0.342. The lowest BCUT2D eigenvalue weighted by atomic mass is 10.1. The summed E-state index contributed by atoms with van der Waals surface area (Å²) < 4.78 is 14.3. The zero-order valence-electron chi connectivity index (χ0n) is 8.54. The molecule has 0 aliphatic carbocycles. The van der Waals surface area contributed by atoms with E-state index in [1.807, 2.05) is 0 Å². The van der Waals surface area contributed by atoms with Crippen molar-refractivity contribution in [3.05, 3.63) is 40.6 Å². The van der Waals surface area contributed by atoms with Crippen LogP contribution in [0, 0.1) is 5.82 Å². The first-order chi connectivity index (χ1) is 7.70. The third-order valence-electron chi connectivity index (χ3n) is 2.13. The summed E-state index contributed by atoms with van der Waals surface area (Å²) in [5.41, 5.74) is 0.947. The van der Waals surface area contributed by atoms with Crippen molar-refractivity contribution < 1.29 is 4.39 Å². The molecule has 0 aliphatic heterocycles. The van der Waals surface area contributed by atoms with Crippen LogP contribution in [0.5, 0.6) is 0 Å². The average Bonchev–Trinajstić information content (AvgIpc) is 2.32. The molecular weight excluding hydrogens is 273 g/mol. The summed E-state index contributed by atoms with van der Waals surface area (Å²) in [6, 6.07) is 8.20. The Bertz CT molecular complexity index is 499. The van der Waals surface area contributed by atoms with Crippen LogP contribution in [0.1, 0.15) is 0 Å². The molecule has 0 unspecified atom stereocenters. The van der Waals surface area contributed by atoms with Gasteiger partial charge in [0.05, 0.1) is 5.69 Å². The van der Waals surface area contributed by atoms with Crippen LogP contribution in [0.3, 0.4) is 0 Å². The first kappa shape index (κ1) is 11.0. The van der Waals surface area contributed by atoms with Gasteiger partial charge in [0.2, 0.25) is 0 Å². The summed E-state index contributed by atoms with van der Waals surface area (Å²) in [6.07, 6.45) is 0. The minimum Gasteiger partial charge on any atom is -0.372 e. The molecule has 16 heavy (non-hydrogen) atoms. The second-order valence-corrected chi connectivity index (χ2v) is 4.09. The van der Waals surface area contributed by atoms with Crippen LogP contribution in [-0.4, -0.2) is 17.2 Å². The number of hydrogen-bond donors (Lipinski definition) is 1. The zero-order valence-corrected chi connectivity index (χ0v) is 10.1. The molecule has 0 saturated carbocycles. The van der Waals surface area contributed by atoms with Crippen molar-refractivity contribution in [2.75, 3.05) is 12.4 Å². The highest BCUT2D eigenvalue weighted by atomic mass is 79.9. The van der Waals surface area contributed by atoms with Crippen LogP contribution in [0.4, 0.5) is 10.2 Å². The molecule has 2 rings (SSSR count). The predicted octanol–water partition coefficient (Wildman–Crippen LogP) is 3.09. The van der Waals surface area contributed by atoms with E-state index >= 15 is 0 Å². The molecule has 0 spiro atoms. The zero-order chi connectivity index (χ0) is 11.5. The standard InChI is InChI=1S/C11H9BrFN3/c1-14-11-5-4-10(15-16-11)8-6-7(12)2-3-9(8)13/h2-6H,1H3,(H,14,16). The number of aromatic nitrogens is 2. The van der Waals surface area contributed by atoms with E-state index in [1.54, 1.807) is 31.3 Å². The van der Waals surface area contributed by atoms with Crippen LogP contribution >= 0.6 is 15.9 Å². The Morgan fingerprint density at radius 3 is 2.62 bits per heavy atom. The topological polar surface area (TPSA) is 37.8 Å². The van der Waals surface area contributed by atoms with Gasteiger partial charge in [-0.2, -0.15) is 0 Å². The van der Waals surface area contributed by atoms with Gasteiger partial charge < -0.3 is 5.32 Å². The average molecular weight is 282 g/mol. The Balaban J connectivity index is 2.45. The van der Waals surface area contributed by atoms with Crippen LogP contribution in [0.2, 0.25) is 0 Å². The van der Waals surface area contributed by atoms with Gasteiger partial charge in [0.15, 0.2) is 0 Å². The molecule has 0 fully saturated rings. The quantitative estimate of drug-likeness (QED) is 0.919. The largest absolute Gasteiger partial charge is 0.372 e. The molecule has 0 bridgehead atoms. The van der Waals surface area contributed by atoms with Gasteiger partial charge in [-0.15, -0.1) is 10.2 Å². The Labute approximate surface area is 101 Å². The van der Waals surface area contributed by atoms with E-state index in [1.165, 1.54) is 6.07 Å². The molecule has 1 heterocycles. The molecule has 0 atom stereocenters. The van der Waals surface area contributed by atoms with Gasteiger partial charge in [0.25, 0.3) is 0 Å². The fourth-order valence-corrected chi connectivity index (χ4v) is 1.66. The van der Waals surface area contributed by atoms with Gasteiger partial charge in [-0.05, 0) is 30.3 Å². The smallest absolute Gasteiger partial charge is 0.148 e. The lowest BCUT2D eigenvalue weighted by Gasteiger charge is -2.03. The van der Waals surface area contributed by atoms with E-state index in [4.69, 9.17) is 0 Å². The number of hydrogen-bond acceptors (Lipinski definition) is 3. The molecule has 1 aromatic carbocycles. The Morgan fingerprint density at radius 1 is 1.19 bits per heavy atom. The van der Waals surface area contributed by atoms with Gasteiger partial charge in [0.1, 0.15) is 11.6 Å². The van der Waals surface area contributed by atoms with Gasteiger partial charge in [-0.1, -0.05) is 15.9 Å². The fourth-order valence-electron chi connectivity index (χ4n) is 1.30. The van der Waals surface area contributed by atoms with E-state index < -0.39 is 0 Å². The number of halogens is 2. The number of benzene rings is 1. The molecule has 3 nitrogen and oxygen atoms in total. The van der Waals surface area contributed by atoms with Crippen LogP contribution in [0.15, 0.2) is 34.8 Å². The third kappa shape index (κ3) is 2.19. The van der Waals surface area contributed by atoms with Crippen LogP contribution in [-0.2, 0) is 0 Å². The summed E-state index contributed by atoms with van der Waals surface area (Å²) in [4.78, 5) is 0. The van der Waals surface area contributed by atoms with Crippen molar-refractivity contribution in [3.63, 3.8) is 0 Å². The van der Waals surface area contributed by atoms with E-state index in [0.29, 0.717) is 17.1 Å². The summed E-state index contributed by atoms with van der Waals surface area (Å²) >= 11 is 3.29. The summed E-state index contributed by atoms with van der Waals surface area (Å²) in [5, 5.41) is 10.7. The van der Waals surface area contributed by atoms with Crippen LogP contribution < -0.4 is 5.32 Å². The van der Waals surface area contributed by atoms with Crippen molar-refractivity contribution in [1.29, 1.82) is 0 Å². The number of nitrogens with one attached hydrogen (secondary N) is 1. The normalized spacial score (nSPS) is 10.2. The van der Waals surface area contributed by atoms with Crippen molar-refractivity contribution in [3.8, 4) is 11.3 Å². The van der Waals surface area contributed by atoms with Crippen molar-refractivity contribution in [2.24, 2.45) is 0 Å². The summed E-state index contributed by atoms with van der Waals surface area (Å²) in [7, 11) is 1.75. The Morgan fingerprint density at radius 2 is 2.00 bits per heavy atom. The highest BCUT2D eigenvalue weighted by Gasteiger charge is 2.07. The molecular formula is C11H9BrFN3. The van der Waals surface area contributed by atoms with E-state index in [9.17, 15) is 4.39 Å². The Kier molecular flexibility index (Phi) is 3.14. The van der Waals surface area contributed by atoms with Gasteiger partial charge in [0, 0.05) is 17.1 Å². The number of anilines is 1. The van der Waals surface area contributed by atoms with E-state index in [0.717, 1.165) is 4.47 Å². The molecule has 82 valence electrons. The van der Waals surface area contributed by atoms with Gasteiger partial charge >= 0.3 is 0 Å². The van der Waals surface area contributed by atoms with Crippen molar-refractivity contribution >= 4 is 21.7 Å². The Hall–Kier alpha value is -1.49. The molecule has 0 saturated heterocycles. The van der Waals surface area contributed by atoms with Gasteiger partial charge in [-0.3, -0.25) is 0 Å². The minimum absolute atomic E-state index is 0.310. The second-order valence-electron chi connectivity index (χ2n) is 3.18. The SMILES string of the molecule is CNc1ccc(-c2cc(Br)ccc2F)nn1. The van der Waals surface area contributed by atoms with E-state index in [-0.39, 0.29) is 5.82 Å². The molecule has 1 aromatic heterocycles. The highest BCUT2D eigenvalue weighted by Crippen LogP contribution is 2.24. The van der Waals surface area contributed by atoms with E-state index in [2.05, 4.69) is 31.4 Å². The van der Waals surface area contributed by atoms with Gasteiger partial charge in [-0.25, -0.2) is 4.39 Å². The molecule has 5 heteroatoms. The maximum atomic E-state index is 13.5. The minimum atomic E-state index is -0.310. The predicted molar refractivity (Wildman–Crippen MR) is 64.7 cm³/mol. The first-order valence-electron chi connectivity index (χ1n) is 4.67. The maximum Gasteiger partial charge on any atom is 0.148 e. The lowest BCUT2D eigenvalue weighted by Crippen LogP contribution is -1.96. The van der Waals surface area contributed by atoms with Crippen molar-refractivity contribution in [2.45, 2.75) is 0 Å².